The molecule has 1 aliphatic heterocycles. The molecule has 4 aromatic rings. The number of fused-ring (bicyclic) bond motifs is 1. The molecule has 0 aliphatic carbocycles. The van der Waals surface area contributed by atoms with Crippen molar-refractivity contribution in [2.45, 2.75) is 19.5 Å². The molecule has 0 unspecified atom stereocenters. The van der Waals surface area contributed by atoms with Gasteiger partial charge in [-0.25, -0.2) is 4.79 Å². The van der Waals surface area contributed by atoms with Crippen LogP contribution in [-0.4, -0.2) is 52.0 Å². The van der Waals surface area contributed by atoms with E-state index in [9.17, 15) is 14.7 Å². The highest BCUT2D eigenvalue weighted by molar-refractivity contribution is 5.93. The Bertz CT molecular complexity index is 1350. The van der Waals surface area contributed by atoms with Crippen LogP contribution in [0.2, 0.25) is 0 Å². The number of nitrogens with one attached hydrogen (secondary N) is 1. The molecule has 0 spiro atoms. The van der Waals surface area contributed by atoms with Crippen LogP contribution in [0.4, 0.5) is 0 Å². The number of aromatic amines is 1. The maximum absolute atomic E-state index is 13.3. The third kappa shape index (κ3) is 4.76. The summed E-state index contributed by atoms with van der Waals surface area (Å²) >= 11 is 0. The topological polar surface area (TPSA) is 76.6 Å². The lowest BCUT2D eigenvalue weighted by Gasteiger charge is -2.40. The summed E-state index contributed by atoms with van der Waals surface area (Å²) in [5.41, 5.74) is 4.80. The van der Waals surface area contributed by atoms with Gasteiger partial charge in [0.2, 0.25) is 0 Å². The van der Waals surface area contributed by atoms with E-state index in [0.29, 0.717) is 23.0 Å². The SMILES string of the molecule is Cc1[nH]c2ccc(C(=O)O)cc2c(=O)c1CN1CCN(C(c2ccccc2)c2ccccc2)CC1. The number of rotatable bonds is 6. The molecule has 35 heavy (non-hydrogen) atoms. The third-order valence-corrected chi connectivity index (χ3v) is 6.94. The van der Waals surface area contributed by atoms with Crippen molar-refractivity contribution in [2.75, 3.05) is 26.2 Å². The molecule has 5 rings (SSSR count). The number of carboxylic acid groups (broad SMARTS) is 1. The lowest BCUT2D eigenvalue weighted by Crippen LogP contribution is -2.47. The highest BCUT2D eigenvalue weighted by atomic mass is 16.4. The van der Waals surface area contributed by atoms with Gasteiger partial charge in [-0.2, -0.15) is 0 Å². The molecule has 6 nitrogen and oxygen atoms in total. The van der Waals surface area contributed by atoms with Gasteiger partial charge in [0.1, 0.15) is 0 Å². The minimum Gasteiger partial charge on any atom is -0.478 e. The Balaban J connectivity index is 1.36. The normalized spacial score (nSPS) is 15.0. The van der Waals surface area contributed by atoms with E-state index in [0.717, 1.165) is 31.9 Å². The Hall–Kier alpha value is -3.74. The van der Waals surface area contributed by atoms with Crippen molar-refractivity contribution in [2.24, 2.45) is 0 Å². The maximum atomic E-state index is 13.3. The molecule has 0 radical (unpaired) electrons. The summed E-state index contributed by atoms with van der Waals surface area (Å²) in [5.74, 6) is -1.03. The van der Waals surface area contributed by atoms with Gasteiger partial charge >= 0.3 is 5.97 Å². The standard InChI is InChI=1S/C29H29N3O3/c1-20-25(28(33)24-18-23(29(34)35)12-13-26(24)30-20)19-31-14-16-32(17-15-31)27(21-8-4-2-5-9-21)22-10-6-3-7-11-22/h2-13,18,27H,14-17,19H2,1H3,(H,30,33)(H,34,35). The molecule has 0 bridgehead atoms. The summed E-state index contributed by atoms with van der Waals surface area (Å²) in [5, 5.41) is 9.76. The van der Waals surface area contributed by atoms with Crippen LogP contribution in [0.5, 0.6) is 0 Å². The average molecular weight is 468 g/mol. The van der Waals surface area contributed by atoms with E-state index in [1.165, 1.54) is 23.3 Å². The number of H-pyrrole nitrogens is 1. The van der Waals surface area contributed by atoms with Crippen molar-refractivity contribution in [1.29, 1.82) is 0 Å². The first-order valence-corrected chi connectivity index (χ1v) is 12.0. The molecule has 2 N–H and O–H groups in total. The van der Waals surface area contributed by atoms with Crippen LogP contribution in [0, 0.1) is 6.92 Å². The fraction of sp³-hybridized carbons (Fsp3) is 0.241. The summed E-state index contributed by atoms with van der Waals surface area (Å²) in [4.78, 5) is 32.8. The molecule has 1 saturated heterocycles. The highest BCUT2D eigenvalue weighted by Crippen LogP contribution is 2.29. The van der Waals surface area contributed by atoms with Gasteiger partial charge in [-0.3, -0.25) is 14.6 Å². The van der Waals surface area contributed by atoms with E-state index in [1.54, 1.807) is 6.07 Å². The second-order valence-corrected chi connectivity index (χ2v) is 9.16. The summed E-state index contributed by atoms with van der Waals surface area (Å²) in [6, 6.07) is 26.1. The Kier molecular flexibility index (Phi) is 6.49. The van der Waals surface area contributed by atoms with Gasteiger partial charge in [0.15, 0.2) is 5.43 Å². The predicted octanol–water partition coefficient (Wildman–Crippen LogP) is 4.44. The van der Waals surface area contributed by atoms with E-state index in [4.69, 9.17) is 0 Å². The number of aromatic carboxylic acids is 1. The summed E-state index contributed by atoms with van der Waals surface area (Å²) in [6.45, 7) is 5.94. The van der Waals surface area contributed by atoms with Crippen LogP contribution in [0.1, 0.15) is 38.8 Å². The van der Waals surface area contributed by atoms with Crippen LogP contribution >= 0.6 is 0 Å². The van der Waals surface area contributed by atoms with Gasteiger partial charge in [-0.15, -0.1) is 0 Å². The molecule has 2 heterocycles. The minimum absolute atomic E-state index is 0.0896. The van der Waals surface area contributed by atoms with Gasteiger partial charge in [-0.05, 0) is 36.2 Å². The van der Waals surface area contributed by atoms with Crippen molar-refractivity contribution in [3.63, 3.8) is 0 Å². The highest BCUT2D eigenvalue weighted by Gasteiger charge is 2.27. The number of benzene rings is 3. The molecule has 0 saturated carbocycles. The van der Waals surface area contributed by atoms with E-state index in [2.05, 4.69) is 63.3 Å². The molecule has 1 aromatic heterocycles. The smallest absolute Gasteiger partial charge is 0.335 e. The van der Waals surface area contributed by atoms with E-state index in [1.807, 2.05) is 19.1 Å². The zero-order valence-corrected chi connectivity index (χ0v) is 19.8. The largest absolute Gasteiger partial charge is 0.478 e. The van der Waals surface area contributed by atoms with Gasteiger partial charge in [0, 0.05) is 54.9 Å². The molecular formula is C29H29N3O3. The number of pyridine rings is 1. The minimum atomic E-state index is -1.03. The number of carbonyl (C=O) groups is 1. The molecule has 0 amide bonds. The fourth-order valence-electron chi connectivity index (χ4n) is 5.06. The lowest BCUT2D eigenvalue weighted by molar-refractivity contribution is 0.0697. The molecular weight excluding hydrogens is 438 g/mol. The van der Waals surface area contributed by atoms with Crippen LogP contribution in [-0.2, 0) is 6.54 Å². The van der Waals surface area contributed by atoms with E-state index < -0.39 is 5.97 Å². The molecule has 0 atom stereocenters. The van der Waals surface area contributed by atoms with Gasteiger partial charge in [0.05, 0.1) is 11.6 Å². The number of hydrogen-bond donors (Lipinski definition) is 2. The molecule has 3 aromatic carbocycles. The van der Waals surface area contributed by atoms with Gasteiger partial charge in [0.25, 0.3) is 0 Å². The third-order valence-electron chi connectivity index (χ3n) is 6.94. The zero-order chi connectivity index (χ0) is 24.4. The van der Waals surface area contributed by atoms with Crippen LogP contribution in [0.25, 0.3) is 10.9 Å². The van der Waals surface area contributed by atoms with Crippen LogP contribution in [0.15, 0.2) is 83.7 Å². The van der Waals surface area contributed by atoms with Gasteiger partial charge in [-0.1, -0.05) is 60.7 Å². The second-order valence-electron chi connectivity index (χ2n) is 9.16. The number of carboxylic acids is 1. The molecule has 178 valence electrons. The lowest BCUT2D eigenvalue weighted by atomic mass is 9.96. The Morgan fingerprint density at radius 3 is 2.09 bits per heavy atom. The van der Waals surface area contributed by atoms with E-state index >= 15 is 0 Å². The molecule has 1 fully saturated rings. The first-order valence-electron chi connectivity index (χ1n) is 12.0. The van der Waals surface area contributed by atoms with Crippen LogP contribution in [0.3, 0.4) is 0 Å². The quantitative estimate of drug-likeness (QED) is 0.438. The first-order chi connectivity index (χ1) is 17.0. The Morgan fingerprint density at radius 1 is 0.914 bits per heavy atom. The summed E-state index contributed by atoms with van der Waals surface area (Å²) in [7, 11) is 0. The molecule has 6 heteroatoms. The number of piperazine rings is 1. The maximum Gasteiger partial charge on any atom is 0.335 e. The number of aromatic nitrogens is 1. The van der Waals surface area contributed by atoms with Crippen LogP contribution < -0.4 is 5.43 Å². The second kappa shape index (κ2) is 9.86. The monoisotopic (exact) mass is 467 g/mol. The first kappa shape index (κ1) is 23.0. The average Bonchev–Trinajstić information content (AvgIpc) is 2.88. The van der Waals surface area contributed by atoms with Gasteiger partial charge < -0.3 is 10.1 Å². The number of aryl methyl sites for hydroxylation is 1. The van der Waals surface area contributed by atoms with Crippen molar-refractivity contribution in [3.8, 4) is 0 Å². The van der Waals surface area contributed by atoms with Crippen molar-refractivity contribution < 1.29 is 9.90 Å². The summed E-state index contributed by atoms with van der Waals surface area (Å²) in [6.07, 6.45) is 0. The van der Waals surface area contributed by atoms with E-state index in [-0.39, 0.29) is 17.0 Å². The fourth-order valence-corrected chi connectivity index (χ4v) is 5.06. The molecule has 1 aliphatic rings. The number of hydrogen-bond acceptors (Lipinski definition) is 4. The predicted molar refractivity (Wildman–Crippen MR) is 138 cm³/mol. The number of nitrogens with zero attached hydrogens (tertiary/aromatic N) is 2. The Morgan fingerprint density at radius 2 is 1.51 bits per heavy atom. The summed E-state index contributed by atoms with van der Waals surface area (Å²) < 4.78 is 0. The zero-order valence-electron chi connectivity index (χ0n) is 19.8. The van der Waals surface area contributed by atoms with Crippen molar-refractivity contribution in [1.82, 2.24) is 14.8 Å². The van der Waals surface area contributed by atoms with Crippen molar-refractivity contribution >= 4 is 16.9 Å². The Labute approximate surface area is 204 Å². The van der Waals surface area contributed by atoms with Crippen molar-refractivity contribution in [3.05, 3.63) is 117 Å².